The first-order valence-corrected chi connectivity index (χ1v) is 6.12. The Morgan fingerprint density at radius 3 is 2.47 bits per heavy atom. The molecule has 0 aromatic carbocycles. The van der Waals surface area contributed by atoms with Gasteiger partial charge in [-0.1, -0.05) is 13.3 Å². The van der Waals surface area contributed by atoms with Crippen molar-refractivity contribution in [2.75, 3.05) is 34.0 Å². The van der Waals surface area contributed by atoms with Gasteiger partial charge in [0, 0.05) is 20.8 Å². The monoisotopic (exact) mass is 246 g/mol. The standard InChI is InChI=1S/C12H26N2O3/c1-5-6-11(13)12(15)14(7-8-16-3)10(2)9-17-4/h10-11H,5-9,13H2,1-4H3. The SMILES string of the molecule is CCCC(N)C(=O)N(CCOC)C(C)COC. The summed E-state index contributed by atoms with van der Waals surface area (Å²) in [6, 6.07) is -0.401. The highest BCUT2D eigenvalue weighted by Crippen LogP contribution is 2.05. The number of carbonyl (C=O) groups excluding carboxylic acids is 1. The van der Waals surface area contributed by atoms with Crippen molar-refractivity contribution >= 4 is 5.91 Å². The summed E-state index contributed by atoms with van der Waals surface area (Å²) in [5.41, 5.74) is 5.86. The van der Waals surface area contributed by atoms with Crippen LogP contribution in [-0.2, 0) is 14.3 Å². The Bertz CT molecular complexity index is 212. The van der Waals surface area contributed by atoms with E-state index in [9.17, 15) is 4.79 Å². The van der Waals surface area contributed by atoms with Gasteiger partial charge >= 0.3 is 0 Å². The maximum Gasteiger partial charge on any atom is 0.239 e. The van der Waals surface area contributed by atoms with Crippen molar-refractivity contribution in [3.63, 3.8) is 0 Å². The molecule has 0 spiro atoms. The van der Waals surface area contributed by atoms with Crippen LogP contribution >= 0.6 is 0 Å². The molecular weight excluding hydrogens is 220 g/mol. The molecule has 2 atom stereocenters. The van der Waals surface area contributed by atoms with Crippen LogP contribution in [0.5, 0.6) is 0 Å². The lowest BCUT2D eigenvalue weighted by Gasteiger charge is -2.30. The van der Waals surface area contributed by atoms with Gasteiger partial charge in [0.05, 0.1) is 25.3 Å². The zero-order chi connectivity index (χ0) is 13.3. The van der Waals surface area contributed by atoms with Gasteiger partial charge in [-0.25, -0.2) is 0 Å². The minimum absolute atomic E-state index is 0.0190. The fourth-order valence-electron chi connectivity index (χ4n) is 1.72. The molecule has 0 aromatic heterocycles. The minimum Gasteiger partial charge on any atom is -0.383 e. The largest absolute Gasteiger partial charge is 0.383 e. The van der Waals surface area contributed by atoms with E-state index >= 15 is 0 Å². The van der Waals surface area contributed by atoms with Crippen LogP contribution in [0.15, 0.2) is 0 Å². The summed E-state index contributed by atoms with van der Waals surface area (Å²) >= 11 is 0. The first kappa shape index (κ1) is 16.4. The number of ether oxygens (including phenoxy) is 2. The summed E-state index contributed by atoms with van der Waals surface area (Å²) < 4.78 is 10.1. The number of rotatable bonds is 9. The summed E-state index contributed by atoms with van der Waals surface area (Å²) in [6.07, 6.45) is 1.62. The zero-order valence-corrected chi connectivity index (χ0v) is 11.4. The Morgan fingerprint density at radius 1 is 1.35 bits per heavy atom. The van der Waals surface area contributed by atoms with Crippen molar-refractivity contribution in [2.24, 2.45) is 5.73 Å². The van der Waals surface area contributed by atoms with Gasteiger partial charge in [-0.15, -0.1) is 0 Å². The summed E-state index contributed by atoms with van der Waals surface area (Å²) in [7, 11) is 3.25. The lowest BCUT2D eigenvalue weighted by Crippen LogP contribution is -2.50. The van der Waals surface area contributed by atoms with Crippen molar-refractivity contribution in [1.29, 1.82) is 0 Å². The molecule has 0 saturated heterocycles. The van der Waals surface area contributed by atoms with Crippen molar-refractivity contribution < 1.29 is 14.3 Å². The van der Waals surface area contributed by atoms with E-state index in [0.717, 1.165) is 6.42 Å². The molecule has 0 heterocycles. The maximum absolute atomic E-state index is 12.1. The number of carbonyl (C=O) groups is 1. The van der Waals surface area contributed by atoms with Crippen LogP contribution in [-0.4, -0.2) is 56.9 Å². The van der Waals surface area contributed by atoms with E-state index in [1.807, 2.05) is 13.8 Å². The van der Waals surface area contributed by atoms with Crippen LogP contribution in [0.1, 0.15) is 26.7 Å². The highest BCUT2D eigenvalue weighted by atomic mass is 16.5. The minimum atomic E-state index is -0.420. The van der Waals surface area contributed by atoms with Crippen molar-refractivity contribution in [3.05, 3.63) is 0 Å². The quantitative estimate of drug-likeness (QED) is 0.648. The average Bonchev–Trinajstić information content (AvgIpc) is 2.30. The van der Waals surface area contributed by atoms with Gasteiger partial charge in [-0.2, -0.15) is 0 Å². The van der Waals surface area contributed by atoms with Crippen molar-refractivity contribution in [3.8, 4) is 0 Å². The molecule has 5 nitrogen and oxygen atoms in total. The molecule has 0 aliphatic heterocycles. The zero-order valence-electron chi connectivity index (χ0n) is 11.4. The van der Waals surface area contributed by atoms with Gasteiger partial charge in [0.15, 0.2) is 0 Å². The molecule has 0 radical (unpaired) electrons. The van der Waals surface area contributed by atoms with E-state index in [2.05, 4.69) is 0 Å². The van der Waals surface area contributed by atoms with Crippen molar-refractivity contribution in [2.45, 2.75) is 38.8 Å². The van der Waals surface area contributed by atoms with Crippen molar-refractivity contribution in [1.82, 2.24) is 4.90 Å². The Kier molecular flexibility index (Phi) is 9.03. The van der Waals surface area contributed by atoms with E-state index in [-0.39, 0.29) is 11.9 Å². The fourth-order valence-corrected chi connectivity index (χ4v) is 1.72. The Balaban J connectivity index is 4.48. The van der Waals surface area contributed by atoms with Crippen LogP contribution < -0.4 is 5.73 Å². The van der Waals surface area contributed by atoms with E-state index in [1.54, 1.807) is 19.1 Å². The molecule has 102 valence electrons. The third kappa shape index (κ3) is 6.00. The molecule has 0 aliphatic carbocycles. The lowest BCUT2D eigenvalue weighted by atomic mass is 10.1. The molecule has 17 heavy (non-hydrogen) atoms. The predicted molar refractivity (Wildman–Crippen MR) is 67.8 cm³/mol. The number of amides is 1. The molecule has 0 bridgehead atoms. The molecule has 0 fully saturated rings. The van der Waals surface area contributed by atoms with Gasteiger partial charge in [0.2, 0.25) is 5.91 Å². The molecule has 2 unspecified atom stereocenters. The van der Waals surface area contributed by atoms with E-state index < -0.39 is 6.04 Å². The number of nitrogens with two attached hydrogens (primary N) is 1. The van der Waals surface area contributed by atoms with Gasteiger partial charge in [-0.3, -0.25) is 4.79 Å². The predicted octanol–water partition coefficient (Wildman–Crippen LogP) is 0.624. The second-order valence-electron chi connectivity index (χ2n) is 4.22. The number of hydrogen-bond donors (Lipinski definition) is 1. The smallest absolute Gasteiger partial charge is 0.239 e. The topological polar surface area (TPSA) is 64.8 Å². The van der Waals surface area contributed by atoms with Crippen LogP contribution in [0, 0.1) is 0 Å². The van der Waals surface area contributed by atoms with Gasteiger partial charge in [0.1, 0.15) is 0 Å². The summed E-state index contributed by atoms with van der Waals surface area (Å²) in [6.45, 7) is 5.55. The van der Waals surface area contributed by atoms with E-state index in [1.165, 1.54) is 0 Å². The maximum atomic E-state index is 12.1. The van der Waals surface area contributed by atoms with Crippen LogP contribution in [0.25, 0.3) is 0 Å². The Morgan fingerprint density at radius 2 is 2.00 bits per heavy atom. The second-order valence-corrected chi connectivity index (χ2v) is 4.22. The first-order valence-electron chi connectivity index (χ1n) is 6.12. The highest BCUT2D eigenvalue weighted by Gasteiger charge is 2.24. The average molecular weight is 246 g/mol. The highest BCUT2D eigenvalue weighted by molar-refractivity contribution is 5.81. The Labute approximate surface area is 104 Å². The van der Waals surface area contributed by atoms with Gasteiger partial charge in [0.25, 0.3) is 0 Å². The molecule has 1 amide bonds. The third-order valence-corrected chi connectivity index (χ3v) is 2.68. The van der Waals surface area contributed by atoms with Crippen LogP contribution in [0.4, 0.5) is 0 Å². The molecule has 0 aromatic rings. The second kappa shape index (κ2) is 9.39. The molecule has 5 heteroatoms. The number of methoxy groups -OCH3 is 2. The summed E-state index contributed by atoms with van der Waals surface area (Å²) in [5, 5.41) is 0. The number of nitrogens with zero attached hydrogens (tertiary/aromatic N) is 1. The summed E-state index contributed by atoms with van der Waals surface area (Å²) in [4.78, 5) is 13.9. The molecule has 0 rings (SSSR count). The molecule has 0 aliphatic rings. The van der Waals surface area contributed by atoms with Crippen LogP contribution in [0.3, 0.4) is 0 Å². The number of hydrogen-bond acceptors (Lipinski definition) is 4. The van der Waals surface area contributed by atoms with Gasteiger partial charge in [-0.05, 0) is 13.3 Å². The Hall–Kier alpha value is -0.650. The normalized spacial score (nSPS) is 14.4. The van der Waals surface area contributed by atoms with Crippen LogP contribution in [0.2, 0.25) is 0 Å². The van der Waals surface area contributed by atoms with E-state index in [4.69, 9.17) is 15.2 Å². The molecule has 0 saturated carbocycles. The lowest BCUT2D eigenvalue weighted by molar-refractivity contribution is -0.136. The summed E-state index contributed by atoms with van der Waals surface area (Å²) in [5.74, 6) is -0.0200. The molecule has 2 N–H and O–H groups in total. The van der Waals surface area contributed by atoms with Gasteiger partial charge < -0.3 is 20.1 Å². The fraction of sp³-hybridized carbons (Fsp3) is 0.917. The first-order chi connectivity index (χ1) is 8.08. The molecular formula is C12H26N2O3. The van der Waals surface area contributed by atoms with E-state index in [0.29, 0.717) is 26.2 Å². The third-order valence-electron chi connectivity index (χ3n) is 2.68.